The summed E-state index contributed by atoms with van der Waals surface area (Å²) in [5.74, 6) is 0.823. The first kappa shape index (κ1) is 11.4. The lowest BCUT2D eigenvalue weighted by Crippen LogP contribution is -2.16. The molecule has 3 heteroatoms. The van der Waals surface area contributed by atoms with E-state index in [-0.39, 0.29) is 0 Å². The van der Waals surface area contributed by atoms with E-state index in [0.717, 1.165) is 23.5 Å². The van der Waals surface area contributed by atoms with Crippen LogP contribution in [-0.4, -0.2) is 17.0 Å². The zero-order chi connectivity index (χ0) is 11.8. The van der Waals surface area contributed by atoms with Crippen LogP contribution in [0.25, 0.3) is 0 Å². The normalized spacial score (nSPS) is 27.4. The van der Waals surface area contributed by atoms with Crippen molar-refractivity contribution in [1.82, 2.24) is 5.32 Å². The third-order valence-corrected chi connectivity index (χ3v) is 5.52. The second-order valence-corrected chi connectivity index (χ2v) is 6.58. The average Bonchev–Trinajstić information content (AvgIpc) is 2.73. The van der Waals surface area contributed by atoms with E-state index in [0.29, 0.717) is 6.04 Å². The molecule has 1 aliphatic carbocycles. The van der Waals surface area contributed by atoms with Gasteiger partial charge in [0, 0.05) is 16.7 Å². The molecule has 0 radical (unpaired) electrons. The molecule has 17 heavy (non-hydrogen) atoms. The molecule has 1 aliphatic heterocycles. The zero-order valence-electron chi connectivity index (χ0n) is 10.3. The molecule has 0 saturated heterocycles. The maximum absolute atomic E-state index is 12.3. The minimum atomic E-state index is -0.787. The summed E-state index contributed by atoms with van der Waals surface area (Å²) in [5.41, 5.74) is 4.22. The summed E-state index contributed by atoms with van der Waals surface area (Å²) >= 11 is 0. The van der Waals surface area contributed by atoms with E-state index in [9.17, 15) is 4.21 Å². The van der Waals surface area contributed by atoms with E-state index in [1.807, 2.05) is 7.05 Å². The molecule has 0 saturated carbocycles. The van der Waals surface area contributed by atoms with Crippen molar-refractivity contribution < 1.29 is 4.21 Å². The molecule has 2 aliphatic rings. The minimum Gasteiger partial charge on any atom is -0.313 e. The first-order valence-electron chi connectivity index (χ1n) is 6.51. The smallest absolute Gasteiger partial charge is 0.0533 e. The number of hydrogen-bond acceptors (Lipinski definition) is 2. The van der Waals surface area contributed by atoms with Gasteiger partial charge in [-0.1, -0.05) is 6.07 Å². The molecule has 2 atom stereocenters. The third-order valence-electron chi connectivity index (χ3n) is 4.02. The molecule has 0 aromatic heterocycles. The Bertz CT molecular complexity index is 470. The molecule has 0 amide bonds. The standard InChI is InChI=1S/C14H19NOS/c1-15-13-6-3-7-17(16)14-9-11-5-2-4-10(11)8-12(13)14/h8-9,13,15H,2-7H2,1H3. The Morgan fingerprint density at radius 3 is 2.76 bits per heavy atom. The van der Waals surface area contributed by atoms with Crippen LogP contribution < -0.4 is 5.32 Å². The molecule has 3 rings (SSSR count). The summed E-state index contributed by atoms with van der Waals surface area (Å²) in [6.45, 7) is 0. The molecular formula is C14H19NOS. The molecule has 1 aromatic rings. The number of hydrogen-bond donors (Lipinski definition) is 1. The van der Waals surface area contributed by atoms with Crippen molar-refractivity contribution in [3.8, 4) is 0 Å². The number of benzene rings is 1. The molecule has 2 nitrogen and oxygen atoms in total. The van der Waals surface area contributed by atoms with Crippen LogP contribution in [0.1, 0.15) is 42.0 Å². The monoisotopic (exact) mass is 249 g/mol. The predicted molar refractivity (Wildman–Crippen MR) is 70.8 cm³/mol. The molecule has 1 aromatic carbocycles. The van der Waals surface area contributed by atoms with Crippen molar-refractivity contribution in [3.63, 3.8) is 0 Å². The second kappa shape index (κ2) is 4.54. The molecule has 0 fully saturated rings. The van der Waals surface area contributed by atoms with Crippen LogP contribution in [0.5, 0.6) is 0 Å². The van der Waals surface area contributed by atoms with E-state index in [4.69, 9.17) is 0 Å². The summed E-state index contributed by atoms with van der Waals surface area (Å²) in [4.78, 5) is 1.10. The van der Waals surface area contributed by atoms with E-state index < -0.39 is 10.8 Å². The molecule has 0 spiro atoms. The van der Waals surface area contributed by atoms with Crippen molar-refractivity contribution in [2.24, 2.45) is 0 Å². The fourth-order valence-corrected chi connectivity index (χ4v) is 4.46. The maximum Gasteiger partial charge on any atom is 0.0533 e. The fourth-order valence-electron chi connectivity index (χ4n) is 3.07. The van der Waals surface area contributed by atoms with Gasteiger partial charge in [-0.15, -0.1) is 0 Å². The lowest BCUT2D eigenvalue weighted by Gasteiger charge is -2.17. The van der Waals surface area contributed by atoms with E-state index in [1.54, 1.807) is 0 Å². The van der Waals surface area contributed by atoms with Crippen molar-refractivity contribution in [1.29, 1.82) is 0 Å². The summed E-state index contributed by atoms with van der Waals surface area (Å²) in [6, 6.07) is 4.94. The van der Waals surface area contributed by atoms with Crippen molar-refractivity contribution in [3.05, 3.63) is 28.8 Å². The topological polar surface area (TPSA) is 29.1 Å². The van der Waals surface area contributed by atoms with Gasteiger partial charge in [-0.2, -0.15) is 0 Å². The molecule has 1 N–H and O–H groups in total. The Morgan fingerprint density at radius 2 is 2.00 bits per heavy atom. The summed E-state index contributed by atoms with van der Waals surface area (Å²) in [7, 11) is 1.22. The van der Waals surface area contributed by atoms with E-state index >= 15 is 0 Å². The number of fused-ring (bicyclic) bond motifs is 2. The van der Waals surface area contributed by atoms with E-state index in [2.05, 4.69) is 17.4 Å². The van der Waals surface area contributed by atoms with Gasteiger partial charge in [-0.05, 0) is 61.9 Å². The maximum atomic E-state index is 12.3. The van der Waals surface area contributed by atoms with Gasteiger partial charge in [0.2, 0.25) is 0 Å². The quantitative estimate of drug-likeness (QED) is 0.827. The Labute approximate surface area is 105 Å². The van der Waals surface area contributed by atoms with Gasteiger partial charge in [0.15, 0.2) is 0 Å². The lowest BCUT2D eigenvalue weighted by molar-refractivity contribution is 0.540. The Balaban J connectivity index is 2.14. The van der Waals surface area contributed by atoms with Crippen LogP contribution in [0.2, 0.25) is 0 Å². The Kier molecular flexibility index (Phi) is 3.05. The van der Waals surface area contributed by atoms with Crippen molar-refractivity contribution in [2.45, 2.75) is 43.0 Å². The second-order valence-electron chi connectivity index (χ2n) is 5.05. The highest BCUT2D eigenvalue weighted by molar-refractivity contribution is 7.85. The number of rotatable bonds is 1. The highest BCUT2D eigenvalue weighted by Gasteiger charge is 2.24. The van der Waals surface area contributed by atoms with E-state index in [1.165, 1.54) is 36.0 Å². The van der Waals surface area contributed by atoms with Crippen LogP contribution in [0.15, 0.2) is 17.0 Å². The van der Waals surface area contributed by atoms with Crippen molar-refractivity contribution >= 4 is 10.8 Å². The highest BCUT2D eigenvalue weighted by atomic mass is 32.2. The minimum absolute atomic E-state index is 0.391. The largest absolute Gasteiger partial charge is 0.313 e. The first-order valence-corrected chi connectivity index (χ1v) is 7.83. The highest BCUT2D eigenvalue weighted by Crippen LogP contribution is 2.34. The van der Waals surface area contributed by atoms with Gasteiger partial charge in [0.1, 0.15) is 0 Å². The van der Waals surface area contributed by atoms with Crippen LogP contribution in [0.3, 0.4) is 0 Å². The summed E-state index contributed by atoms with van der Waals surface area (Å²) < 4.78 is 12.3. The molecule has 1 heterocycles. The molecule has 92 valence electrons. The van der Waals surface area contributed by atoms with Gasteiger partial charge < -0.3 is 5.32 Å². The SMILES string of the molecule is CNC1CCCS(=O)c2cc3c(cc21)CCC3. The summed E-state index contributed by atoms with van der Waals surface area (Å²) in [6.07, 6.45) is 5.79. The van der Waals surface area contributed by atoms with Gasteiger partial charge in [0.25, 0.3) is 0 Å². The number of nitrogens with one attached hydrogen (secondary N) is 1. The molecule has 0 bridgehead atoms. The van der Waals surface area contributed by atoms with Crippen LogP contribution in [-0.2, 0) is 23.6 Å². The zero-order valence-corrected chi connectivity index (χ0v) is 11.1. The average molecular weight is 249 g/mol. The third kappa shape index (κ3) is 1.95. The molecular weight excluding hydrogens is 230 g/mol. The lowest BCUT2D eigenvalue weighted by atomic mass is 9.98. The number of aryl methyl sites for hydroxylation is 2. The predicted octanol–water partition coefficient (Wildman–Crippen LogP) is 2.34. The Morgan fingerprint density at radius 1 is 1.24 bits per heavy atom. The summed E-state index contributed by atoms with van der Waals surface area (Å²) in [5, 5.41) is 3.38. The van der Waals surface area contributed by atoms with Gasteiger partial charge in [0.05, 0.1) is 10.8 Å². The van der Waals surface area contributed by atoms with Gasteiger partial charge in [-0.3, -0.25) is 4.21 Å². The Hall–Kier alpha value is -0.670. The van der Waals surface area contributed by atoms with Gasteiger partial charge in [-0.25, -0.2) is 0 Å². The molecule has 2 unspecified atom stereocenters. The van der Waals surface area contributed by atoms with Crippen LogP contribution in [0.4, 0.5) is 0 Å². The first-order chi connectivity index (χ1) is 8.29. The van der Waals surface area contributed by atoms with Crippen molar-refractivity contribution in [2.75, 3.05) is 12.8 Å². The fraction of sp³-hybridized carbons (Fsp3) is 0.571. The van der Waals surface area contributed by atoms with Gasteiger partial charge >= 0.3 is 0 Å². The van der Waals surface area contributed by atoms with Crippen LogP contribution >= 0.6 is 0 Å². The van der Waals surface area contributed by atoms with Crippen LogP contribution in [0, 0.1) is 0 Å².